The number of rotatable bonds is 8. The van der Waals surface area contributed by atoms with Gasteiger partial charge in [-0.25, -0.2) is 26.4 Å². The summed E-state index contributed by atoms with van der Waals surface area (Å²) >= 11 is 0. The Hall–Kier alpha value is -5.10. The molecule has 304 valence electrons. The summed E-state index contributed by atoms with van der Waals surface area (Å²) in [7, 11) is -4.52. The van der Waals surface area contributed by atoms with E-state index in [-0.39, 0.29) is 54.7 Å². The summed E-state index contributed by atoms with van der Waals surface area (Å²) in [4.78, 5) is 29.4. The van der Waals surface area contributed by atoms with Crippen LogP contribution in [0.3, 0.4) is 0 Å². The van der Waals surface area contributed by atoms with Crippen LogP contribution in [-0.4, -0.2) is 91.9 Å². The van der Waals surface area contributed by atoms with Crippen molar-refractivity contribution in [2.75, 3.05) is 39.3 Å². The van der Waals surface area contributed by atoms with E-state index in [2.05, 4.69) is 4.74 Å². The maximum Gasteiger partial charge on any atom is 0.430 e. The van der Waals surface area contributed by atoms with Crippen molar-refractivity contribution in [2.45, 2.75) is 47.5 Å². The standard InChI is InChI=1S/C39H34F9N3O5S/c1-24(52)49-16-18-50(19-17-49)36(53)51-21-30(35(22-51)57(54,55)28-14-15-34(42)29(20-28)25-6-3-2-4-7-25)26-10-12-27(13-11-26)37(38(43,44)45,39(46,47)48)56-23-31-32(40)8-5-9-33(31)41/h2-15,20,30,35H,16-19,21-23H2,1H3/t30-,35+/m1/s1. The molecule has 0 saturated carbocycles. The Bertz CT molecular complexity index is 2190. The van der Waals surface area contributed by atoms with E-state index in [1.807, 2.05) is 0 Å². The van der Waals surface area contributed by atoms with Gasteiger partial charge in [0.1, 0.15) is 17.5 Å². The zero-order chi connectivity index (χ0) is 41.5. The second-order valence-electron chi connectivity index (χ2n) is 13.7. The van der Waals surface area contributed by atoms with Crippen LogP contribution in [0.5, 0.6) is 0 Å². The van der Waals surface area contributed by atoms with Gasteiger partial charge in [0, 0.05) is 68.8 Å². The smallest absolute Gasteiger partial charge is 0.349 e. The van der Waals surface area contributed by atoms with Crippen LogP contribution in [0, 0.1) is 17.5 Å². The van der Waals surface area contributed by atoms with E-state index >= 15 is 4.39 Å². The summed E-state index contributed by atoms with van der Waals surface area (Å²) in [5.74, 6) is -5.05. The lowest BCUT2D eigenvalue weighted by Gasteiger charge is -2.37. The molecule has 0 bridgehead atoms. The number of hydrogen-bond acceptors (Lipinski definition) is 5. The highest BCUT2D eigenvalue weighted by molar-refractivity contribution is 7.92. The molecule has 0 aliphatic carbocycles. The molecule has 2 atom stereocenters. The van der Waals surface area contributed by atoms with E-state index in [1.54, 1.807) is 30.3 Å². The first kappa shape index (κ1) is 41.5. The molecule has 18 heteroatoms. The molecule has 4 aromatic carbocycles. The SMILES string of the molecule is CC(=O)N1CCN(C(=O)N2C[C@H](c3ccc(C(OCc4c(F)cccc4F)(C(F)(F)F)C(F)(F)F)cc3)[C@@H](S(=O)(=O)c3ccc(F)c(-c4ccccc4)c3)C2)CC1. The fourth-order valence-corrected chi connectivity index (χ4v) is 9.16. The minimum Gasteiger partial charge on any atom is -0.349 e. The van der Waals surface area contributed by atoms with Crippen molar-refractivity contribution in [3.05, 3.63) is 125 Å². The van der Waals surface area contributed by atoms with Crippen LogP contribution in [-0.2, 0) is 31.6 Å². The van der Waals surface area contributed by atoms with E-state index in [9.17, 15) is 53.1 Å². The number of alkyl halides is 6. The predicted octanol–water partition coefficient (Wildman–Crippen LogP) is 7.83. The molecule has 4 aromatic rings. The second-order valence-corrected chi connectivity index (χ2v) is 15.8. The number of carbonyl (C=O) groups is 2. The van der Waals surface area contributed by atoms with E-state index in [4.69, 9.17) is 0 Å². The van der Waals surface area contributed by atoms with Gasteiger partial charge in [0.15, 0.2) is 9.84 Å². The van der Waals surface area contributed by atoms with Gasteiger partial charge in [-0.15, -0.1) is 0 Å². The summed E-state index contributed by atoms with van der Waals surface area (Å²) in [6.07, 6.45) is -12.4. The van der Waals surface area contributed by atoms with Gasteiger partial charge in [0.2, 0.25) is 5.91 Å². The molecule has 3 amide bonds. The van der Waals surface area contributed by atoms with E-state index < -0.39 is 86.7 Å². The first-order valence-electron chi connectivity index (χ1n) is 17.4. The minimum absolute atomic E-state index is 0.0576. The highest BCUT2D eigenvalue weighted by atomic mass is 32.2. The van der Waals surface area contributed by atoms with Crippen LogP contribution in [0.25, 0.3) is 11.1 Å². The molecule has 8 nitrogen and oxygen atoms in total. The summed E-state index contributed by atoms with van der Waals surface area (Å²) in [5, 5.41) is -1.52. The third-order valence-electron chi connectivity index (χ3n) is 10.3. The molecule has 0 radical (unpaired) electrons. The van der Waals surface area contributed by atoms with Crippen LogP contribution in [0.2, 0.25) is 0 Å². The fourth-order valence-electron chi connectivity index (χ4n) is 7.22. The molecule has 0 spiro atoms. The Kier molecular flexibility index (Phi) is 11.4. The van der Waals surface area contributed by atoms with Crippen molar-refractivity contribution in [1.82, 2.24) is 14.7 Å². The molecule has 0 aromatic heterocycles. The number of amides is 3. The largest absolute Gasteiger partial charge is 0.430 e. The van der Waals surface area contributed by atoms with E-state index in [0.717, 1.165) is 36.4 Å². The van der Waals surface area contributed by atoms with Gasteiger partial charge in [0.05, 0.1) is 16.8 Å². The number of hydrogen-bond donors (Lipinski definition) is 0. The topological polar surface area (TPSA) is 87.2 Å². The van der Waals surface area contributed by atoms with Crippen molar-refractivity contribution >= 4 is 21.8 Å². The quantitative estimate of drug-likeness (QED) is 0.134. The average molecular weight is 828 g/mol. The highest BCUT2D eigenvalue weighted by Crippen LogP contribution is 2.54. The number of halogens is 9. The number of benzene rings is 4. The third kappa shape index (κ3) is 7.93. The number of ether oxygens (including phenoxy) is 1. The normalized spacial score (nSPS) is 18.2. The number of urea groups is 1. The maximum atomic E-state index is 15.0. The third-order valence-corrected chi connectivity index (χ3v) is 12.5. The number of carbonyl (C=O) groups excluding carboxylic acids is 2. The molecule has 0 N–H and O–H groups in total. The van der Waals surface area contributed by atoms with Crippen molar-refractivity contribution in [3.8, 4) is 11.1 Å². The average Bonchev–Trinajstić information content (AvgIpc) is 3.62. The van der Waals surface area contributed by atoms with Crippen LogP contribution in [0.4, 0.5) is 44.3 Å². The Balaban J connectivity index is 1.39. The summed E-state index contributed by atoms with van der Waals surface area (Å²) < 4.78 is 165. The molecule has 57 heavy (non-hydrogen) atoms. The lowest BCUT2D eigenvalue weighted by Crippen LogP contribution is -2.55. The number of nitrogens with zero attached hydrogens (tertiary/aromatic N) is 3. The zero-order valence-electron chi connectivity index (χ0n) is 30.0. The highest BCUT2D eigenvalue weighted by Gasteiger charge is 2.73. The minimum atomic E-state index is -6.22. The first-order valence-corrected chi connectivity index (χ1v) is 19.0. The van der Waals surface area contributed by atoms with Gasteiger partial charge in [-0.2, -0.15) is 26.3 Å². The van der Waals surface area contributed by atoms with E-state index in [1.165, 1.54) is 21.6 Å². The Morgan fingerprint density at radius 2 is 1.28 bits per heavy atom. The van der Waals surface area contributed by atoms with Crippen LogP contribution >= 0.6 is 0 Å². The molecule has 2 aliphatic heterocycles. The zero-order valence-corrected chi connectivity index (χ0v) is 30.8. The van der Waals surface area contributed by atoms with E-state index in [0.29, 0.717) is 29.8 Å². The Labute approximate surface area is 321 Å². The van der Waals surface area contributed by atoms with Gasteiger partial charge < -0.3 is 19.4 Å². The lowest BCUT2D eigenvalue weighted by molar-refractivity contribution is -0.392. The van der Waals surface area contributed by atoms with Gasteiger partial charge in [-0.05, 0) is 41.5 Å². The maximum absolute atomic E-state index is 15.0. The molecular weight excluding hydrogens is 793 g/mol. The van der Waals surface area contributed by atoms with Crippen molar-refractivity contribution < 1.29 is 62.3 Å². The first-order chi connectivity index (χ1) is 26.8. The lowest BCUT2D eigenvalue weighted by atomic mass is 9.88. The number of likely N-dealkylation sites (tertiary alicyclic amines) is 1. The van der Waals surface area contributed by atoms with Crippen LogP contribution < -0.4 is 0 Å². The molecule has 2 aliphatic rings. The van der Waals surface area contributed by atoms with Gasteiger partial charge in [-0.1, -0.05) is 60.7 Å². The summed E-state index contributed by atoms with van der Waals surface area (Å²) in [6.45, 7) is -0.571. The van der Waals surface area contributed by atoms with Crippen molar-refractivity contribution in [3.63, 3.8) is 0 Å². The van der Waals surface area contributed by atoms with Gasteiger partial charge in [0.25, 0.3) is 5.60 Å². The fraction of sp³-hybridized carbons (Fsp3) is 0.333. The van der Waals surface area contributed by atoms with Crippen molar-refractivity contribution in [2.24, 2.45) is 0 Å². The monoisotopic (exact) mass is 827 g/mol. The molecule has 2 saturated heterocycles. The van der Waals surface area contributed by atoms with Gasteiger partial charge >= 0.3 is 18.4 Å². The Morgan fingerprint density at radius 3 is 1.84 bits per heavy atom. The van der Waals surface area contributed by atoms with Gasteiger partial charge in [-0.3, -0.25) is 4.79 Å². The molecule has 0 unspecified atom stereocenters. The molecular formula is C39H34F9N3O5S. The predicted molar refractivity (Wildman–Crippen MR) is 188 cm³/mol. The molecule has 2 fully saturated rings. The van der Waals surface area contributed by atoms with Crippen LogP contribution in [0.1, 0.15) is 29.5 Å². The number of piperazine rings is 1. The summed E-state index contributed by atoms with van der Waals surface area (Å²) in [6, 6.07) is 15.2. The summed E-state index contributed by atoms with van der Waals surface area (Å²) in [5.41, 5.74) is -7.53. The molecule has 2 heterocycles. The number of sulfone groups is 1. The molecule has 6 rings (SSSR count). The Morgan fingerprint density at radius 1 is 0.702 bits per heavy atom. The van der Waals surface area contributed by atoms with Crippen molar-refractivity contribution in [1.29, 1.82) is 0 Å². The van der Waals surface area contributed by atoms with Crippen LogP contribution in [0.15, 0.2) is 95.9 Å². The second kappa shape index (κ2) is 15.7.